The second-order valence-electron chi connectivity index (χ2n) is 8.94. The SMILES string of the molecule is CCCOC(=O)C1=C(C)NC2=C(C(=O)C[C@@H](c3ccc(OC)c(OC)c3)C2)[C@H]1c1ccc(Cl)c(Cl)c1. The molecule has 0 radical (unpaired) electrons. The molecule has 2 aromatic carbocycles. The summed E-state index contributed by atoms with van der Waals surface area (Å²) in [5.41, 5.74) is 4.14. The number of hydrogen-bond donors (Lipinski definition) is 1. The molecule has 0 bridgehead atoms. The largest absolute Gasteiger partial charge is 0.493 e. The van der Waals surface area contributed by atoms with Crippen LogP contribution in [0.2, 0.25) is 10.0 Å². The number of nitrogens with one attached hydrogen (secondary N) is 1. The van der Waals surface area contributed by atoms with Gasteiger partial charge in [-0.3, -0.25) is 4.79 Å². The van der Waals surface area contributed by atoms with Crippen LogP contribution in [-0.4, -0.2) is 32.6 Å². The van der Waals surface area contributed by atoms with Crippen LogP contribution in [0.5, 0.6) is 11.5 Å². The number of ether oxygens (including phenoxy) is 3. The minimum atomic E-state index is -0.598. The lowest BCUT2D eigenvalue weighted by Gasteiger charge is -2.37. The summed E-state index contributed by atoms with van der Waals surface area (Å²) in [5, 5.41) is 4.12. The maximum atomic E-state index is 13.7. The quantitative estimate of drug-likeness (QED) is 0.422. The van der Waals surface area contributed by atoms with Gasteiger partial charge in [0.2, 0.25) is 0 Å². The Morgan fingerprint density at radius 1 is 1.00 bits per heavy atom. The van der Waals surface area contributed by atoms with E-state index in [1.165, 1.54) is 0 Å². The highest BCUT2D eigenvalue weighted by Crippen LogP contribution is 2.47. The summed E-state index contributed by atoms with van der Waals surface area (Å²) < 4.78 is 16.3. The zero-order chi connectivity index (χ0) is 26.0. The fourth-order valence-corrected chi connectivity index (χ4v) is 5.26. The first-order valence-electron chi connectivity index (χ1n) is 11.9. The van der Waals surface area contributed by atoms with E-state index in [0.717, 1.165) is 16.8 Å². The van der Waals surface area contributed by atoms with E-state index in [4.69, 9.17) is 37.4 Å². The smallest absolute Gasteiger partial charge is 0.336 e. The molecule has 1 N–H and O–H groups in total. The number of hydrogen-bond acceptors (Lipinski definition) is 6. The van der Waals surface area contributed by atoms with Gasteiger partial charge in [0, 0.05) is 29.3 Å². The van der Waals surface area contributed by atoms with Crippen LogP contribution in [0.4, 0.5) is 0 Å². The van der Waals surface area contributed by atoms with Crippen LogP contribution >= 0.6 is 23.2 Å². The van der Waals surface area contributed by atoms with Crippen LogP contribution in [0.15, 0.2) is 58.9 Å². The lowest BCUT2D eigenvalue weighted by molar-refractivity contribution is -0.139. The molecule has 1 aliphatic carbocycles. The van der Waals surface area contributed by atoms with E-state index in [2.05, 4.69) is 5.32 Å². The number of halogens is 2. The van der Waals surface area contributed by atoms with Crippen LogP contribution in [0.25, 0.3) is 0 Å². The van der Waals surface area contributed by atoms with E-state index >= 15 is 0 Å². The lowest BCUT2D eigenvalue weighted by Crippen LogP contribution is -2.36. The third kappa shape index (κ3) is 4.97. The second-order valence-corrected chi connectivity index (χ2v) is 9.76. The number of ketones is 1. The van der Waals surface area contributed by atoms with Gasteiger partial charge in [-0.25, -0.2) is 4.79 Å². The molecular formula is C28H29Cl2NO5. The molecule has 4 rings (SSSR count). The average Bonchev–Trinajstić information content (AvgIpc) is 2.87. The Hall–Kier alpha value is -2.96. The Morgan fingerprint density at radius 3 is 2.39 bits per heavy atom. The molecular weight excluding hydrogens is 501 g/mol. The van der Waals surface area contributed by atoms with Crippen LogP contribution in [-0.2, 0) is 14.3 Å². The molecule has 2 aliphatic rings. The molecule has 1 heterocycles. The van der Waals surface area contributed by atoms with Gasteiger partial charge in [0.25, 0.3) is 0 Å². The van der Waals surface area contributed by atoms with Crippen molar-refractivity contribution in [1.29, 1.82) is 0 Å². The fourth-order valence-electron chi connectivity index (χ4n) is 4.95. The summed E-state index contributed by atoms with van der Waals surface area (Å²) in [7, 11) is 3.18. The van der Waals surface area contributed by atoms with E-state index in [0.29, 0.717) is 64.3 Å². The summed E-state index contributed by atoms with van der Waals surface area (Å²) in [6.07, 6.45) is 1.59. The van der Waals surface area contributed by atoms with Gasteiger partial charge < -0.3 is 19.5 Å². The number of carbonyl (C=O) groups is 2. The third-order valence-electron chi connectivity index (χ3n) is 6.64. The minimum Gasteiger partial charge on any atom is -0.493 e. The van der Waals surface area contributed by atoms with E-state index in [1.54, 1.807) is 26.4 Å². The van der Waals surface area contributed by atoms with Gasteiger partial charge in [-0.2, -0.15) is 0 Å². The number of dihydropyridines is 1. The highest BCUT2D eigenvalue weighted by molar-refractivity contribution is 6.42. The van der Waals surface area contributed by atoms with Crippen molar-refractivity contribution in [2.45, 2.75) is 44.9 Å². The van der Waals surface area contributed by atoms with E-state index < -0.39 is 11.9 Å². The topological polar surface area (TPSA) is 73.9 Å². The summed E-state index contributed by atoms with van der Waals surface area (Å²) in [5.74, 6) is 0.114. The predicted octanol–water partition coefficient (Wildman–Crippen LogP) is 6.33. The Morgan fingerprint density at radius 2 is 1.72 bits per heavy atom. The Kier molecular flexibility index (Phi) is 7.96. The summed E-state index contributed by atoms with van der Waals surface area (Å²) >= 11 is 12.5. The molecule has 2 atom stereocenters. The maximum absolute atomic E-state index is 13.7. The fraction of sp³-hybridized carbons (Fsp3) is 0.357. The normalized spacial score (nSPS) is 19.6. The number of allylic oxidation sites excluding steroid dienone is 3. The van der Waals surface area contributed by atoms with Crippen LogP contribution < -0.4 is 14.8 Å². The van der Waals surface area contributed by atoms with Crippen LogP contribution in [0.1, 0.15) is 56.1 Å². The Balaban J connectivity index is 1.78. The van der Waals surface area contributed by atoms with Crippen molar-refractivity contribution >= 4 is 35.0 Å². The van der Waals surface area contributed by atoms with Crippen molar-refractivity contribution in [3.8, 4) is 11.5 Å². The van der Waals surface area contributed by atoms with Crippen molar-refractivity contribution in [3.05, 3.63) is 80.1 Å². The zero-order valence-corrected chi connectivity index (χ0v) is 22.3. The number of benzene rings is 2. The van der Waals surface area contributed by atoms with E-state index in [-0.39, 0.29) is 11.7 Å². The monoisotopic (exact) mass is 529 g/mol. The first-order chi connectivity index (χ1) is 17.3. The maximum Gasteiger partial charge on any atom is 0.336 e. The molecule has 6 nitrogen and oxygen atoms in total. The Labute approximate surface area is 221 Å². The number of esters is 1. The van der Waals surface area contributed by atoms with E-state index in [9.17, 15) is 9.59 Å². The lowest BCUT2D eigenvalue weighted by atomic mass is 9.71. The molecule has 0 unspecified atom stereocenters. The number of Topliss-reactive ketones (excluding diaryl/α,β-unsaturated/α-hetero) is 1. The summed E-state index contributed by atoms with van der Waals surface area (Å²) in [4.78, 5) is 26.9. The molecule has 0 aromatic heterocycles. The first kappa shape index (κ1) is 26.1. The van der Waals surface area contributed by atoms with Gasteiger partial charge in [-0.1, -0.05) is 42.3 Å². The van der Waals surface area contributed by atoms with Gasteiger partial charge in [0.15, 0.2) is 17.3 Å². The molecule has 1 aliphatic heterocycles. The number of methoxy groups -OCH3 is 2. The first-order valence-corrected chi connectivity index (χ1v) is 12.6. The van der Waals surface area contributed by atoms with Crippen LogP contribution in [0.3, 0.4) is 0 Å². The van der Waals surface area contributed by atoms with Gasteiger partial charge in [-0.05, 0) is 61.1 Å². The summed E-state index contributed by atoms with van der Waals surface area (Å²) in [6, 6.07) is 10.9. The van der Waals surface area contributed by atoms with Crippen LogP contribution in [0, 0.1) is 0 Å². The Bertz CT molecular complexity index is 1270. The average molecular weight is 530 g/mol. The molecule has 0 saturated carbocycles. The number of rotatable bonds is 7. The van der Waals surface area contributed by atoms with Gasteiger partial charge >= 0.3 is 5.97 Å². The number of carbonyl (C=O) groups excluding carboxylic acids is 2. The molecule has 190 valence electrons. The second kappa shape index (κ2) is 11.0. The van der Waals surface area contributed by atoms with Gasteiger partial charge in [-0.15, -0.1) is 0 Å². The molecule has 8 heteroatoms. The highest BCUT2D eigenvalue weighted by atomic mass is 35.5. The molecule has 0 amide bonds. The predicted molar refractivity (Wildman–Crippen MR) is 140 cm³/mol. The zero-order valence-electron chi connectivity index (χ0n) is 20.7. The molecule has 2 aromatic rings. The molecule has 0 spiro atoms. The standard InChI is InChI=1S/C28H29Cl2NO5/c1-5-10-36-28(33)25-15(2)31-21-12-18(16-7-9-23(34-3)24(14-16)35-4)13-22(32)27(21)26(25)17-6-8-19(29)20(30)11-17/h6-9,11,14,18,26,31H,5,10,12-13H2,1-4H3/t18-,26-/m0/s1. The van der Waals surface area contributed by atoms with Gasteiger partial charge in [0.05, 0.1) is 36.4 Å². The molecule has 36 heavy (non-hydrogen) atoms. The summed E-state index contributed by atoms with van der Waals surface area (Å²) in [6.45, 7) is 4.07. The van der Waals surface area contributed by atoms with E-state index in [1.807, 2.05) is 38.1 Å². The van der Waals surface area contributed by atoms with Crippen molar-refractivity contribution in [1.82, 2.24) is 5.32 Å². The third-order valence-corrected chi connectivity index (χ3v) is 7.38. The van der Waals surface area contributed by atoms with Crippen molar-refractivity contribution in [3.63, 3.8) is 0 Å². The molecule has 0 saturated heterocycles. The van der Waals surface area contributed by atoms with Crippen molar-refractivity contribution < 1.29 is 23.8 Å². The van der Waals surface area contributed by atoms with Crippen molar-refractivity contribution in [2.75, 3.05) is 20.8 Å². The van der Waals surface area contributed by atoms with Gasteiger partial charge in [0.1, 0.15) is 0 Å². The van der Waals surface area contributed by atoms with Crippen molar-refractivity contribution in [2.24, 2.45) is 0 Å². The minimum absolute atomic E-state index is 0.0344. The molecule has 0 fully saturated rings. The highest BCUT2D eigenvalue weighted by Gasteiger charge is 2.41.